The fourth-order valence-electron chi connectivity index (χ4n) is 3.57. The van der Waals surface area contributed by atoms with E-state index >= 15 is 0 Å². The second-order valence-corrected chi connectivity index (χ2v) is 8.58. The van der Waals surface area contributed by atoms with E-state index in [1.807, 2.05) is 73.8 Å². The second-order valence-electron chi connectivity index (χ2n) is 7.70. The third-order valence-electron chi connectivity index (χ3n) is 5.31. The third-order valence-corrected chi connectivity index (χ3v) is 6.21. The number of anilines is 1. The highest BCUT2D eigenvalue weighted by molar-refractivity contribution is 7.15. The van der Waals surface area contributed by atoms with E-state index in [4.69, 9.17) is 9.47 Å². The molecule has 0 saturated heterocycles. The van der Waals surface area contributed by atoms with Gasteiger partial charge in [-0.05, 0) is 50.1 Å². The monoisotopic (exact) mass is 459 g/mol. The van der Waals surface area contributed by atoms with Gasteiger partial charge in [0.25, 0.3) is 0 Å². The molecule has 1 unspecified atom stereocenters. The van der Waals surface area contributed by atoms with Crippen molar-refractivity contribution in [3.8, 4) is 16.9 Å². The number of thiophene rings is 1. The van der Waals surface area contributed by atoms with Gasteiger partial charge in [0, 0.05) is 22.6 Å². The van der Waals surface area contributed by atoms with Gasteiger partial charge in [-0.3, -0.25) is 4.79 Å². The highest BCUT2D eigenvalue weighted by Gasteiger charge is 2.23. The number of hydrogen-bond acceptors (Lipinski definition) is 5. The summed E-state index contributed by atoms with van der Waals surface area (Å²) >= 11 is 1.30. The van der Waals surface area contributed by atoms with Crippen LogP contribution in [-0.2, 0) is 9.53 Å². The predicted octanol–water partition coefficient (Wildman–Crippen LogP) is 6.26. The lowest BCUT2D eigenvalue weighted by Gasteiger charge is -2.22. The number of rotatable bonds is 6. The van der Waals surface area contributed by atoms with Crippen molar-refractivity contribution in [3.05, 3.63) is 88.3 Å². The Morgan fingerprint density at radius 1 is 1.15 bits per heavy atom. The quantitative estimate of drug-likeness (QED) is 0.349. The lowest BCUT2D eigenvalue weighted by Crippen LogP contribution is -2.18. The van der Waals surface area contributed by atoms with E-state index in [1.54, 1.807) is 13.0 Å². The fourth-order valence-corrected chi connectivity index (χ4v) is 4.53. The van der Waals surface area contributed by atoms with Crippen LogP contribution in [0.3, 0.4) is 0 Å². The van der Waals surface area contributed by atoms with Crippen molar-refractivity contribution in [2.24, 2.45) is 0 Å². The average Bonchev–Trinajstić information content (AvgIpc) is 3.21. The number of amides is 1. The molecule has 1 aliphatic rings. The van der Waals surface area contributed by atoms with Gasteiger partial charge in [-0.1, -0.05) is 48.0 Å². The number of nitrogens with one attached hydrogen (secondary N) is 1. The maximum Gasteiger partial charge on any atom is 0.341 e. The Balaban J connectivity index is 1.57. The highest BCUT2D eigenvalue weighted by atomic mass is 32.1. The van der Waals surface area contributed by atoms with Crippen LogP contribution in [0.25, 0.3) is 17.2 Å². The maximum atomic E-state index is 12.7. The van der Waals surface area contributed by atoms with E-state index in [0.29, 0.717) is 10.6 Å². The van der Waals surface area contributed by atoms with Crippen LogP contribution in [0.15, 0.2) is 71.6 Å². The normalized spacial score (nSPS) is 14.9. The van der Waals surface area contributed by atoms with Crippen molar-refractivity contribution >= 4 is 34.3 Å². The van der Waals surface area contributed by atoms with Gasteiger partial charge in [0.05, 0.1) is 6.61 Å². The number of benzene rings is 2. The fraction of sp³-hybridized carbons (Fsp3) is 0.185. The van der Waals surface area contributed by atoms with Crippen LogP contribution in [0.5, 0.6) is 5.75 Å². The molecular formula is C27H25NO4S. The SMILES string of the molecule is CCOC(=O)c1c(-c2ccc(C)cc2)csc1NC(=O)/C=C/C1=Cc2ccccc2OC1C. The highest BCUT2D eigenvalue weighted by Crippen LogP contribution is 2.36. The van der Waals surface area contributed by atoms with Crippen LogP contribution in [0, 0.1) is 6.92 Å². The first-order valence-corrected chi connectivity index (χ1v) is 11.7. The molecule has 0 spiro atoms. The molecule has 0 aliphatic carbocycles. The number of fused-ring (bicyclic) bond motifs is 1. The summed E-state index contributed by atoms with van der Waals surface area (Å²) in [5.41, 5.74) is 5.00. The van der Waals surface area contributed by atoms with Crippen LogP contribution >= 0.6 is 11.3 Å². The zero-order valence-corrected chi connectivity index (χ0v) is 19.6. The first kappa shape index (κ1) is 22.6. The topological polar surface area (TPSA) is 64.6 Å². The summed E-state index contributed by atoms with van der Waals surface area (Å²) in [6.07, 6.45) is 5.04. The number of carbonyl (C=O) groups is 2. The molecule has 0 bridgehead atoms. The molecule has 4 rings (SSSR count). The van der Waals surface area contributed by atoms with Crippen LogP contribution in [-0.4, -0.2) is 24.6 Å². The largest absolute Gasteiger partial charge is 0.485 e. The number of para-hydroxylation sites is 1. The summed E-state index contributed by atoms with van der Waals surface area (Å²) < 4.78 is 11.2. The Hall–Kier alpha value is -3.64. The number of esters is 1. The van der Waals surface area contributed by atoms with Crippen LogP contribution in [0.4, 0.5) is 5.00 Å². The van der Waals surface area contributed by atoms with Crippen LogP contribution in [0.2, 0.25) is 0 Å². The van der Waals surface area contributed by atoms with Gasteiger partial charge in [0.15, 0.2) is 0 Å². The molecule has 1 amide bonds. The van der Waals surface area contributed by atoms with Gasteiger partial charge in [-0.15, -0.1) is 11.3 Å². The number of hydrogen-bond donors (Lipinski definition) is 1. The molecule has 168 valence electrons. The second kappa shape index (κ2) is 9.88. The van der Waals surface area contributed by atoms with E-state index in [1.165, 1.54) is 17.4 Å². The summed E-state index contributed by atoms with van der Waals surface area (Å²) in [6, 6.07) is 15.7. The summed E-state index contributed by atoms with van der Waals surface area (Å²) in [6.45, 7) is 5.96. The van der Waals surface area contributed by atoms with E-state index in [-0.39, 0.29) is 18.6 Å². The zero-order chi connectivity index (χ0) is 23.4. The first-order valence-electron chi connectivity index (χ1n) is 10.8. The van der Waals surface area contributed by atoms with E-state index in [9.17, 15) is 9.59 Å². The van der Waals surface area contributed by atoms with Gasteiger partial charge in [-0.2, -0.15) is 0 Å². The summed E-state index contributed by atoms with van der Waals surface area (Å²) in [5.74, 6) is 0.0416. The average molecular weight is 460 g/mol. The Bertz CT molecular complexity index is 1240. The van der Waals surface area contributed by atoms with Crippen LogP contribution < -0.4 is 10.1 Å². The number of carbonyl (C=O) groups excluding carboxylic acids is 2. The maximum absolute atomic E-state index is 12.7. The minimum atomic E-state index is -0.456. The van der Waals surface area contributed by atoms with Gasteiger partial charge >= 0.3 is 5.97 Å². The molecule has 6 heteroatoms. The van der Waals surface area contributed by atoms with Gasteiger partial charge in [-0.25, -0.2) is 4.79 Å². The molecule has 1 atom stereocenters. The van der Waals surface area contributed by atoms with Gasteiger partial charge < -0.3 is 14.8 Å². The van der Waals surface area contributed by atoms with Gasteiger partial charge in [0.1, 0.15) is 22.4 Å². The summed E-state index contributed by atoms with van der Waals surface area (Å²) in [7, 11) is 0. The Morgan fingerprint density at radius 2 is 1.91 bits per heavy atom. The lowest BCUT2D eigenvalue weighted by molar-refractivity contribution is -0.111. The lowest BCUT2D eigenvalue weighted by atomic mass is 10.0. The van der Waals surface area contributed by atoms with E-state index in [2.05, 4.69) is 5.32 Å². The van der Waals surface area contributed by atoms with Crippen molar-refractivity contribution in [3.63, 3.8) is 0 Å². The zero-order valence-electron chi connectivity index (χ0n) is 18.8. The smallest absolute Gasteiger partial charge is 0.341 e. The molecule has 0 fully saturated rings. The Labute approximate surface area is 197 Å². The molecule has 33 heavy (non-hydrogen) atoms. The molecule has 5 nitrogen and oxygen atoms in total. The standard InChI is InChI=1S/C27H25NO4S/c1-4-31-27(30)25-22(19-11-9-17(2)10-12-19)16-33-26(25)28-24(29)14-13-20-15-21-7-5-6-8-23(21)32-18(20)3/h5-16,18H,4H2,1-3H3,(H,28,29)/b14-13+. The van der Waals surface area contributed by atoms with Crippen molar-refractivity contribution in [1.82, 2.24) is 0 Å². The number of aryl methyl sites for hydroxylation is 1. The Kier molecular flexibility index (Phi) is 6.75. The molecule has 0 radical (unpaired) electrons. The Morgan fingerprint density at radius 3 is 2.67 bits per heavy atom. The van der Waals surface area contributed by atoms with Crippen molar-refractivity contribution in [2.45, 2.75) is 26.9 Å². The van der Waals surface area contributed by atoms with E-state index < -0.39 is 5.97 Å². The molecule has 1 aliphatic heterocycles. The predicted molar refractivity (Wildman–Crippen MR) is 133 cm³/mol. The minimum absolute atomic E-state index is 0.172. The summed E-state index contributed by atoms with van der Waals surface area (Å²) in [4.78, 5) is 25.4. The van der Waals surface area contributed by atoms with E-state index in [0.717, 1.165) is 33.6 Å². The summed E-state index contributed by atoms with van der Waals surface area (Å²) in [5, 5.41) is 5.18. The molecule has 2 aromatic carbocycles. The molecule has 3 aromatic rings. The molecule has 1 N–H and O–H groups in total. The van der Waals surface area contributed by atoms with Crippen LogP contribution in [0.1, 0.15) is 35.3 Å². The third kappa shape index (κ3) is 5.07. The first-order chi connectivity index (χ1) is 16.0. The molecule has 0 saturated carbocycles. The van der Waals surface area contributed by atoms with Gasteiger partial charge in [0.2, 0.25) is 5.91 Å². The molecular weight excluding hydrogens is 434 g/mol. The van der Waals surface area contributed by atoms with Crippen molar-refractivity contribution in [2.75, 3.05) is 11.9 Å². The van der Waals surface area contributed by atoms with Crippen molar-refractivity contribution in [1.29, 1.82) is 0 Å². The molecule has 2 heterocycles. The number of ether oxygens (including phenoxy) is 2. The minimum Gasteiger partial charge on any atom is -0.485 e. The molecule has 1 aromatic heterocycles. The van der Waals surface area contributed by atoms with Crippen molar-refractivity contribution < 1.29 is 19.1 Å².